The van der Waals surface area contributed by atoms with Gasteiger partial charge in [0.2, 0.25) is 0 Å². The highest BCUT2D eigenvalue weighted by Crippen LogP contribution is 2.38. The molecule has 1 N–H and O–H groups in total. The molecule has 11 heteroatoms. The van der Waals surface area contributed by atoms with Crippen molar-refractivity contribution in [3.05, 3.63) is 53.7 Å². The van der Waals surface area contributed by atoms with E-state index in [1.165, 1.54) is 33.0 Å². The Morgan fingerprint density at radius 1 is 1.00 bits per heavy atom. The van der Waals surface area contributed by atoms with Gasteiger partial charge < -0.3 is 34.2 Å². The number of ether oxygens (including phenoxy) is 3. The van der Waals surface area contributed by atoms with E-state index in [0.29, 0.717) is 61.1 Å². The van der Waals surface area contributed by atoms with Crippen molar-refractivity contribution in [1.29, 1.82) is 5.26 Å². The molecule has 11 nitrogen and oxygen atoms in total. The van der Waals surface area contributed by atoms with Crippen LogP contribution in [0.2, 0.25) is 0 Å². The molecular formula is C31H36N6O5. The fourth-order valence-electron chi connectivity index (χ4n) is 5.50. The van der Waals surface area contributed by atoms with Gasteiger partial charge in [-0.25, -0.2) is 9.59 Å². The number of aromatic nitrogens is 1. The molecule has 42 heavy (non-hydrogen) atoms. The lowest BCUT2D eigenvalue weighted by molar-refractivity contribution is 0.0600. The maximum absolute atomic E-state index is 12.9. The maximum Gasteiger partial charge on any atom is 0.337 e. The summed E-state index contributed by atoms with van der Waals surface area (Å²) in [6, 6.07) is 12.4. The van der Waals surface area contributed by atoms with E-state index in [1.807, 2.05) is 12.1 Å². The van der Waals surface area contributed by atoms with Gasteiger partial charge in [0.15, 0.2) is 11.5 Å². The first-order chi connectivity index (χ1) is 20.5. The van der Waals surface area contributed by atoms with Crippen LogP contribution in [0.5, 0.6) is 11.5 Å². The van der Waals surface area contributed by atoms with Gasteiger partial charge in [-0.15, -0.1) is 0 Å². The molecule has 1 aromatic heterocycles. The summed E-state index contributed by atoms with van der Waals surface area (Å²) in [5.41, 5.74) is 2.96. The number of amides is 2. The van der Waals surface area contributed by atoms with Crippen molar-refractivity contribution in [1.82, 2.24) is 14.8 Å². The van der Waals surface area contributed by atoms with Crippen LogP contribution in [0.4, 0.5) is 16.2 Å². The Balaban J connectivity index is 1.26. The number of nitrogens with zero attached hydrogens (tertiary/aromatic N) is 5. The predicted molar refractivity (Wildman–Crippen MR) is 159 cm³/mol. The van der Waals surface area contributed by atoms with Gasteiger partial charge in [0, 0.05) is 56.1 Å². The van der Waals surface area contributed by atoms with Crippen LogP contribution in [0, 0.1) is 11.3 Å². The normalized spacial score (nSPS) is 15.4. The summed E-state index contributed by atoms with van der Waals surface area (Å²) >= 11 is 0. The van der Waals surface area contributed by atoms with Crippen molar-refractivity contribution in [3.63, 3.8) is 0 Å². The lowest BCUT2D eigenvalue weighted by atomic mass is 10.1. The summed E-state index contributed by atoms with van der Waals surface area (Å²) in [5.74, 6) is 0.799. The largest absolute Gasteiger partial charge is 0.493 e. The van der Waals surface area contributed by atoms with E-state index in [9.17, 15) is 14.9 Å². The molecule has 2 fully saturated rings. The Hall–Kier alpha value is -4.56. The van der Waals surface area contributed by atoms with Crippen molar-refractivity contribution in [2.45, 2.75) is 19.3 Å². The second-order valence-electron chi connectivity index (χ2n) is 10.4. The van der Waals surface area contributed by atoms with E-state index < -0.39 is 5.97 Å². The number of hydrogen-bond acceptors (Lipinski definition) is 9. The van der Waals surface area contributed by atoms with Crippen LogP contribution >= 0.6 is 0 Å². The zero-order valence-corrected chi connectivity index (χ0v) is 24.1. The fourth-order valence-corrected chi connectivity index (χ4v) is 5.50. The average molecular weight is 573 g/mol. The van der Waals surface area contributed by atoms with E-state index in [4.69, 9.17) is 14.2 Å². The molecule has 0 aliphatic carbocycles. The molecule has 0 bridgehead atoms. The molecule has 5 rings (SSSR count). The van der Waals surface area contributed by atoms with E-state index >= 15 is 0 Å². The highest BCUT2D eigenvalue weighted by Gasteiger charge is 2.25. The number of pyridine rings is 1. The Labute approximate surface area is 245 Å². The molecule has 3 aromatic rings. The standard InChI is InChI=1S/C31H36N6O5/c1-40-27-18-25-26(19-28(27)42-17-5-12-35-10-3-4-11-35)33-21-23(20-32)29(25)36-13-15-37(16-14-36)31(39)34-24-8-6-22(7-9-24)30(38)41-2/h6-9,18-19,21H,3-5,10-17H2,1-2H3,(H,34,39). The van der Waals surface area contributed by atoms with E-state index in [1.54, 1.807) is 42.5 Å². The number of fused-ring (bicyclic) bond motifs is 1. The monoisotopic (exact) mass is 572 g/mol. The molecule has 0 saturated carbocycles. The minimum absolute atomic E-state index is 0.228. The third kappa shape index (κ3) is 6.50. The minimum atomic E-state index is -0.432. The maximum atomic E-state index is 12.9. The van der Waals surface area contributed by atoms with E-state index in [0.717, 1.165) is 29.6 Å². The minimum Gasteiger partial charge on any atom is -0.493 e. The fraction of sp³-hybridized carbons (Fsp3) is 0.419. The molecule has 2 saturated heterocycles. The van der Waals surface area contributed by atoms with Crippen molar-refractivity contribution in [3.8, 4) is 17.6 Å². The Morgan fingerprint density at radius 3 is 2.40 bits per heavy atom. The van der Waals surface area contributed by atoms with Gasteiger partial charge in [-0.2, -0.15) is 5.26 Å². The third-order valence-corrected chi connectivity index (χ3v) is 7.76. The number of benzene rings is 2. The van der Waals surface area contributed by atoms with Gasteiger partial charge in [-0.3, -0.25) is 4.98 Å². The lowest BCUT2D eigenvalue weighted by Crippen LogP contribution is -2.50. The Bertz CT molecular complexity index is 1460. The number of carbonyl (C=O) groups excluding carboxylic acids is 2. The van der Waals surface area contributed by atoms with Gasteiger partial charge in [0.05, 0.1) is 43.2 Å². The molecule has 0 radical (unpaired) electrons. The average Bonchev–Trinajstić information content (AvgIpc) is 3.56. The Kier molecular flexibility index (Phi) is 9.24. The molecule has 2 aliphatic rings. The number of likely N-dealkylation sites (tertiary alicyclic amines) is 1. The van der Waals surface area contributed by atoms with Gasteiger partial charge in [0.1, 0.15) is 6.07 Å². The van der Waals surface area contributed by atoms with Crippen molar-refractivity contribution >= 4 is 34.3 Å². The number of hydrogen-bond donors (Lipinski definition) is 1. The quantitative estimate of drug-likeness (QED) is 0.298. The zero-order valence-electron chi connectivity index (χ0n) is 24.1. The van der Waals surface area contributed by atoms with Gasteiger partial charge in [0.25, 0.3) is 0 Å². The van der Waals surface area contributed by atoms with Crippen molar-refractivity contribution < 1.29 is 23.8 Å². The van der Waals surface area contributed by atoms with Crippen molar-refractivity contribution in [2.75, 3.05) is 76.9 Å². The summed E-state index contributed by atoms with van der Waals surface area (Å²) in [5, 5.41) is 13.6. The molecule has 2 aromatic carbocycles. The van der Waals surface area contributed by atoms with E-state index in [-0.39, 0.29) is 6.03 Å². The summed E-state index contributed by atoms with van der Waals surface area (Å²) in [6.45, 7) is 5.96. The van der Waals surface area contributed by atoms with Crippen LogP contribution in [0.1, 0.15) is 35.2 Å². The topological polar surface area (TPSA) is 120 Å². The molecule has 2 amide bonds. The first-order valence-electron chi connectivity index (χ1n) is 14.3. The molecule has 0 unspecified atom stereocenters. The molecule has 3 heterocycles. The number of methoxy groups -OCH3 is 2. The SMILES string of the molecule is COC(=O)c1ccc(NC(=O)N2CCN(c3c(C#N)cnc4cc(OCCCN5CCCC5)c(OC)cc34)CC2)cc1. The molecule has 2 aliphatic heterocycles. The molecule has 0 spiro atoms. The first kappa shape index (κ1) is 29.0. The van der Waals surface area contributed by atoms with Gasteiger partial charge in [-0.05, 0) is 62.7 Å². The van der Waals surface area contributed by atoms with Crippen LogP contribution in [-0.4, -0.2) is 93.4 Å². The van der Waals surface area contributed by atoms with Crippen LogP contribution < -0.4 is 19.7 Å². The van der Waals surface area contributed by atoms with Crippen LogP contribution in [0.15, 0.2) is 42.6 Å². The van der Waals surface area contributed by atoms with Crippen LogP contribution in [-0.2, 0) is 4.74 Å². The predicted octanol–water partition coefficient (Wildman–Crippen LogP) is 4.12. The number of esters is 1. The number of urea groups is 1. The lowest BCUT2D eigenvalue weighted by Gasteiger charge is -2.36. The van der Waals surface area contributed by atoms with Crippen molar-refractivity contribution in [2.24, 2.45) is 0 Å². The molecular weight excluding hydrogens is 536 g/mol. The Morgan fingerprint density at radius 2 is 1.74 bits per heavy atom. The highest BCUT2D eigenvalue weighted by atomic mass is 16.5. The number of carbonyl (C=O) groups is 2. The van der Waals surface area contributed by atoms with E-state index in [2.05, 4.69) is 26.2 Å². The second-order valence-corrected chi connectivity index (χ2v) is 10.4. The summed E-state index contributed by atoms with van der Waals surface area (Å²) in [6.07, 6.45) is 5.07. The molecule has 0 atom stereocenters. The number of nitriles is 1. The summed E-state index contributed by atoms with van der Waals surface area (Å²) in [7, 11) is 2.94. The smallest absolute Gasteiger partial charge is 0.337 e. The number of anilines is 2. The summed E-state index contributed by atoms with van der Waals surface area (Å²) < 4.78 is 16.5. The third-order valence-electron chi connectivity index (χ3n) is 7.76. The van der Waals surface area contributed by atoms with Crippen LogP contribution in [0.25, 0.3) is 10.9 Å². The van der Waals surface area contributed by atoms with Gasteiger partial charge in [-0.1, -0.05) is 0 Å². The number of rotatable bonds is 9. The first-order valence-corrected chi connectivity index (χ1v) is 14.3. The number of piperazine rings is 1. The van der Waals surface area contributed by atoms with Crippen LogP contribution in [0.3, 0.4) is 0 Å². The highest BCUT2D eigenvalue weighted by molar-refractivity contribution is 5.97. The second kappa shape index (κ2) is 13.4. The molecule has 220 valence electrons. The zero-order chi connectivity index (χ0) is 29.5. The van der Waals surface area contributed by atoms with Gasteiger partial charge >= 0.3 is 12.0 Å². The summed E-state index contributed by atoms with van der Waals surface area (Å²) in [4.78, 5) is 35.5. The number of nitrogens with one attached hydrogen (secondary N) is 1.